The molecule has 0 saturated heterocycles. The summed E-state index contributed by atoms with van der Waals surface area (Å²) in [4.78, 5) is 11.0. The van der Waals surface area contributed by atoms with E-state index in [9.17, 15) is 4.79 Å². The molecule has 0 radical (unpaired) electrons. The number of rotatable bonds is 5. The predicted molar refractivity (Wildman–Crippen MR) is 78.5 cm³/mol. The zero-order valence-corrected chi connectivity index (χ0v) is 11.7. The van der Waals surface area contributed by atoms with Gasteiger partial charge in [-0.05, 0) is 35.4 Å². The van der Waals surface area contributed by atoms with Crippen LogP contribution in [-0.4, -0.2) is 12.8 Å². The molecule has 2 rings (SSSR count). The Balaban J connectivity index is 1.98. The van der Waals surface area contributed by atoms with Gasteiger partial charge in [0.25, 0.3) is 0 Å². The number of carbonyl (C=O) groups excluding carboxylic acids is 1. The smallest absolute Gasteiger partial charge is 0.308 e. The summed E-state index contributed by atoms with van der Waals surface area (Å²) >= 11 is 0. The molecule has 0 aliphatic heterocycles. The molecular weight excluding hydrogens is 266 g/mol. The lowest BCUT2D eigenvalue weighted by molar-refractivity contribution is -0.149. The van der Waals surface area contributed by atoms with E-state index in [0.29, 0.717) is 17.7 Å². The first-order chi connectivity index (χ1) is 10.2. The first-order valence-corrected chi connectivity index (χ1v) is 6.62. The molecule has 0 fully saturated rings. The second-order valence-electron chi connectivity index (χ2n) is 4.35. The molecule has 2 aromatic carbocycles. The maximum Gasteiger partial charge on any atom is 0.308 e. The third kappa shape index (κ3) is 4.08. The van der Waals surface area contributed by atoms with Crippen molar-refractivity contribution in [1.82, 2.24) is 0 Å². The fraction of sp³-hybridized carbons (Fsp3) is 0.176. The summed E-state index contributed by atoms with van der Waals surface area (Å²) in [6, 6.07) is 16.9. The van der Waals surface area contributed by atoms with Gasteiger partial charge >= 0.3 is 5.97 Å². The second kappa shape index (κ2) is 7.11. The van der Waals surface area contributed by atoms with Gasteiger partial charge in [0.1, 0.15) is 5.75 Å². The number of carbonyl (C=O) groups is 1. The summed E-state index contributed by atoms with van der Waals surface area (Å²) in [7, 11) is 0. The Hall–Kier alpha value is -2.80. The molecule has 0 atom stereocenters. The van der Waals surface area contributed by atoms with E-state index in [4.69, 9.17) is 14.7 Å². The van der Waals surface area contributed by atoms with E-state index in [1.807, 2.05) is 36.4 Å². The SMILES string of the molecule is CCC(=O)OCOc1ccc(-c2ccc(C#N)cc2)cc1. The van der Waals surface area contributed by atoms with Crippen molar-refractivity contribution in [2.45, 2.75) is 13.3 Å². The van der Waals surface area contributed by atoms with Gasteiger partial charge < -0.3 is 9.47 Å². The Kier molecular flexibility index (Phi) is 4.94. The van der Waals surface area contributed by atoms with Crippen LogP contribution >= 0.6 is 0 Å². The molecule has 4 heteroatoms. The molecule has 0 spiro atoms. The first kappa shape index (κ1) is 14.6. The van der Waals surface area contributed by atoms with Gasteiger partial charge in [-0.2, -0.15) is 5.26 Å². The third-order valence-corrected chi connectivity index (χ3v) is 2.94. The molecule has 0 saturated carbocycles. The van der Waals surface area contributed by atoms with Crippen molar-refractivity contribution >= 4 is 5.97 Å². The van der Waals surface area contributed by atoms with Crippen LogP contribution in [0.3, 0.4) is 0 Å². The molecule has 2 aromatic rings. The Labute approximate surface area is 123 Å². The van der Waals surface area contributed by atoms with E-state index < -0.39 is 0 Å². The van der Waals surface area contributed by atoms with Crippen LogP contribution in [-0.2, 0) is 9.53 Å². The van der Waals surface area contributed by atoms with E-state index in [1.165, 1.54) is 0 Å². The van der Waals surface area contributed by atoms with Crippen LogP contribution in [0.1, 0.15) is 18.9 Å². The molecule has 21 heavy (non-hydrogen) atoms. The average molecular weight is 281 g/mol. The molecule has 0 aliphatic rings. The maximum atomic E-state index is 11.0. The zero-order valence-electron chi connectivity index (χ0n) is 11.7. The molecule has 0 bridgehead atoms. The summed E-state index contributed by atoms with van der Waals surface area (Å²) in [5.74, 6) is 0.348. The van der Waals surface area contributed by atoms with Crippen LogP contribution in [0.2, 0.25) is 0 Å². The minimum atomic E-state index is -0.288. The van der Waals surface area contributed by atoms with Crippen LogP contribution in [0.4, 0.5) is 0 Å². The highest BCUT2D eigenvalue weighted by molar-refractivity contribution is 5.68. The Morgan fingerprint density at radius 1 is 1.05 bits per heavy atom. The largest absolute Gasteiger partial charge is 0.457 e. The van der Waals surface area contributed by atoms with E-state index in [1.54, 1.807) is 19.1 Å². The Bertz CT molecular complexity index is 639. The van der Waals surface area contributed by atoms with Gasteiger partial charge in [0.2, 0.25) is 6.79 Å². The lowest BCUT2D eigenvalue weighted by Gasteiger charge is -2.07. The van der Waals surface area contributed by atoms with Crippen LogP contribution < -0.4 is 4.74 Å². The Morgan fingerprint density at radius 3 is 2.14 bits per heavy atom. The van der Waals surface area contributed by atoms with Crippen LogP contribution in [0.15, 0.2) is 48.5 Å². The van der Waals surface area contributed by atoms with Crippen LogP contribution in [0.5, 0.6) is 5.75 Å². The highest BCUT2D eigenvalue weighted by Crippen LogP contribution is 2.22. The van der Waals surface area contributed by atoms with Crippen molar-refractivity contribution in [2.24, 2.45) is 0 Å². The fourth-order valence-electron chi connectivity index (χ4n) is 1.75. The summed E-state index contributed by atoms with van der Waals surface area (Å²) < 4.78 is 10.2. The van der Waals surface area contributed by atoms with Crippen molar-refractivity contribution in [2.75, 3.05) is 6.79 Å². The number of hydrogen-bond acceptors (Lipinski definition) is 4. The zero-order chi connectivity index (χ0) is 15.1. The van der Waals surface area contributed by atoms with Crippen molar-refractivity contribution in [1.29, 1.82) is 5.26 Å². The monoisotopic (exact) mass is 281 g/mol. The number of nitriles is 1. The van der Waals surface area contributed by atoms with E-state index in [0.717, 1.165) is 11.1 Å². The van der Waals surface area contributed by atoms with Gasteiger partial charge in [-0.15, -0.1) is 0 Å². The predicted octanol–water partition coefficient (Wildman–Crippen LogP) is 3.51. The average Bonchev–Trinajstić information content (AvgIpc) is 2.55. The summed E-state index contributed by atoms with van der Waals surface area (Å²) in [6.45, 7) is 1.65. The topological polar surface area (TPSA) is 59.3 Å². The van der Waals surface area contributed by atoms with Gasteiger partial charge in [-0.3, -0.25) is 4.79 Å². The number of hydrogen-bond donors (Lipinski definition) is 0. The highest BCUT2D eigenvalue weighted by atomic mass is 16.7. The van der Waals surface area contributed by atoms with E-state index >= 15 is 0 Å². The molecule has 106 valence electrons. The number of ether oxygens (including phenoxy) is 2. The molecule has 0 unspecified atom stereocenters. The van der Waals surface area contributed by atoms with Gasteiger partial charge in [0.15, 0.2) is 0 Å². The fourth-order valence-corrected chi connectivity index (χ4v) is 1.75. The molecule has 0 amide bonds. The quantitative estimate of drug-likeness (QED) is 0.621. The normalized spacial score (nSPS) is 9.71. The number of benzene rings is 2. The lowest BCUT2D eigenvalue weighted by Crippen LogP contribution is -2.08. The molecular formula is C17H15NO3. The van der Waals surface area contributed by atoms with Crippen molar-refractivity contribution in [3.05, 3.63) is 54.1 Å². The Morgan fingerprint density at radius 2 is 1.62 bits per heavy atom. The summed E-state index contributed by atoms with van der Waals surface area (Å²) in [6.07, 6.45) is 0.334. The molecule has 4 nitrogen and oxygen atoms in total. The molecule has 0 aliphatic carbocycles. The first-order valence-electron chi connectivity index (χ1n) is 6.62. The molecule has 0 aromatic heterocycles. The van der Waals surface area contributed by atoms with Crippen molar-refractivity contribution < 1.29 is 14.3 Å². The number of esters is 1. The maximum absolute atomic E-state index is 11.0. The lowest BCUT2D eigenvalue weighted by atomic mass is 10.0. The molecule has 0 N–H and O–H groups in total. The van der Waals surface area contributed by atoms with E-state index in [2.05, 4.69) is 6.07 Å². The van der Waals surface area contributed by atoms with Gasteiger partial charge in [-0.1, -0.05) is 31.2 Å². The minimum Gasteiger partial charge on any atom is -0.457 e. The second-order valence-corrected chi connectivity index (χ2v) is 4.35. The van der Waals surface area contributed by atoms with Gasteiger partial charge in [-0.25, -0.2) is 0 Å². The summed E-state index contributed by atoms with van der Waals surface area (Å²) in [5.41, 5.74) is 2.69. The van der Waals surface area contributed by atoms with Gasteiger partial charge in [0.05, 0.1) is 11.6 Å². The van der Waals surface area contributed by atoms with Crippen molar-refractivity contribution in [3.63, 3.8) is 0 Å². The van der Waals surface area contributed by atoms with Crippen LogP contribution in [0, 0.1) is 11.3 Å². The van der Waals surface area contributed by atoms with Gasteiger partial charge in [0, 0.05) is 6.42 Å². The summed E-state index contributed by atoms with van der Waals surface area (Å²) in [5, 5.41) is 8.77. The highest BCUT2D eigenvalue weighted by Gasteiger charge is 2.01. The standard InChI is InChI=1S/C17H15NO3/c1-2-17(19)21-12-20-16-9-7-15(8-10-16)14-5-3-13(11-18)4-6-14/h3-10H,2,12H2,1H3. The van der Waals surface area contributed by atoms with Crippen LogP contribution in [0.25, 0.3) is 11.1 Å². The van der Waals surface area contributed by atoms with Crippen molar-refractivity contribution in [3.8, 4) is 22.9 Å². The minimum absolute atomic E-state index is 0.0805. The number of nitrogens with zero attached hydrogens (tertiary/aromatic N) is 1. The third-order valence-electron chi connectivity index (χ3n) is 2.94. The molecule has 0 heterocycles. The van der Waals surface area contributed by atoms with E-state index in [-0.39, 0.29) is 12.8 Å².